The monoisotopic (exact) mass is 338 g/mol. The van der Waals surface area contributed by atoms with Crippen LogP contribution >= 0.6 is 34.2 Å². The van der Waals surface area contributed by atoms with Crippen molar-refractivity contribution in [3.63, 3.8) is 0 Å². The second-order valence-corrected chi connectivity index (χ2v) is 4.19. The van der Waals surface area contributed by atoms with Gasteiger partial charge in [-0.1, -0.05) is 0 Å². The molecule has 0 aliphatic heterocycles. The molecule has 2 aromatic rings. The third kappa shape index (κ3) is 2.28. The van der Waals surface area contributed by atoms with Gasteiger partial charge >= 0.3 is 0 Å². The molecule has 0 saturated heterocycles. The van der Waals surface area contributed by atoms with Gasteiger partial charge in [-0.15, -0.1) is 21.8 Å². The number of hydrogen-bond donors (Lipinski definition) is 0. The van der Waals surface area contributed by atoms with Gasteiger partial charge in [0, 0.05) is 3.57 Å². The third-order valence-electron chi connectivity index (χ3n) is 1.74. The van der Waals surface area contributed by atoms with Crippen molar-refractivity contribution >= 4 is 34.2 Å². The van der Waals surface area contributed by atoms with Gasteiger partial charge in [-0.05, 0) is 40.8 Å². The molecule has 1 aromatic carbocycles. The van der Waals surface area contributed by atoms with E-state index < -0.39 is 0 Å². The second kappa shape index (κ2) is 4.44. The number of nitrogens with zero attached hydrogens (tertiary/aromatic N) is 2. The summed E-state index contributed by atoms with van der Waals surface area (Å²) >= 11 is 7.54. The molecule has 0 radical (unpaired) electrons. The van der Waals surface area contributed by atoms with Crippen LogP contribution < -0.4 is 0 Å². The molecule has 0 spiro atoms. The molecule has 2 rings (SSSR count). The van der Waals surface area contributed by atoms with Gasteiger partial charge in [0.1, 0.15) is 11.7 Å². The lowest BCUT2D eigenvalue weighted by atomic mass is 10.2. The van der Waals surface area contributed by atoms with Gasteiger partial charge in [0.15, 0.2) is 0 Å². The largest absolute Gasteiger partial charge is 0.419 e. The molecule has 0 N–H and O–H groups in total. The molecule has 0 fully saturated rings. The molecule has 1 aromatic heterocycles. The van der Waals surface area contributed by atoms with Crippen molar-refractivity contribution in [1.82, 2.24) is 10.2 Å². The number of rotatable bonds is 2. The van der Waals surface area contributed by atoms with Crippen molar-refractivity contribution in [2.75, 3.05) is 0 Å². The summed E-state index contributed by atoms with van der Waals surface area (Å²) < 4.78 is 18.8. The lowest BCUT2D eigenvalue weighted by molar-refractivity contribution is 0.527. The number of benzene rings is 1. The molecule has 0 bridgehead atoms. The van der Waals surface area contributed by atoms with E-state index in [9.17, 15) is 4.39 Å². The number of aromatic nitrogens is 2. The van der Waals surface area contributed by atoms with Crippen molar-refractivity contribution in [1.29, 1.82) is 0 Å². The molecule has 78 valence electrons. The van der Waals surface area contributed by atoms with Crippen molar-refractivity contribution in [2.24, 2.45) is 0 Å². The van der Waals surface area contributed by atoms with Gasteiger partial charge in [0.25, 0.3) is 0 Å². The standard InChI is InChI=1S/C9H5ClFIN2O/c10-4-8-13-14-9(15-8)6-2-1-5(11)3-7(6)12/h1-3H,4H2. The maximum Gasteiger partial charge on any atom is 0.248 e. The first-order valence-corrected chi connectivity index (χ1v) is 5.66. The van der Waals surface area contributed by atoms with E-state index in [-0.39, 0.29) is 11.7 Å². The van der Waals surface area contributed by atoms with E-state index in [1.54, 1.807) is 6.07 Å². The van der Waals surface area contributed by atoms with Crippen LogP contribution in [0.15, 0.2) is 22.6 Å². The highest BCUT2D eigenvalue weighted by Gasteiger charge is 2.11. The average molecular weight is 339 g/mol. The first-order valence-electron chi connectivity index (χ1n) is 4.04. The van der Waals surface area contributed by atoms with Crippen LogP contribution in [0.1, 0.15) is 5.89 Å². The van der Waals surface area contributed by atoms with E-state index in [0.29, 0.717) is 17.3 Å². The zero-order chi connectivity index (χ0) is 10.8. The predicted octanol–water partition coefficient (Wildman–Crippen LogP) is 3.22. The van der Waals surface area contributed by atoms with E-state index in [1.165, 1.54) is 12.1 Å². The normalized spacial score (nSPS) is 10.6. The Hall–Kier alpha value is -0.690. The molecular formula is C9H5ClFIN2O. The summed E-state index contributed by atoms with van der Waals surface area (Å²) in [7, 11) is 0. The van der Waals surface area contributed by atoms with Crippen LogP contribution in [0.5, 0.6) is 0 Å². The van der Waals surface area contributed by atoms with Crippen LogP contribution in [0.2, 0.25) is 0 Å². The Morgan fingerprint density at radius 2 is 2.20 bits per heavy atom. The van der Waals surface area contributed by atoms with Gasteiger partial charge in [-0.2, -0.15) is 0 Å². The van der Waals surface area contributed by atoms with Crippen molar-refractivity contribution in [3.05, 3.63) is 33.5 Å². The summed E-state index contributed by atoms with van der Waals surface area (Å²) in [6.45, 7) is 0. The fourth-order valence-corrected chi connectivity index (χ4v) is 1.90. The molecule has 6 heteroatoms. The SMILES string of the molecule is Fc1ccc(-c2nnc(CCl)o2)c(I)c1. The topological polar surface area (TPSA) is 38.9 Å². The second-order valence-electron chi connectivity index (χ2n) is 2.76. The number of halogens is 3. The molecule has 0 saturated carbocycles. The highest BCUT2D eigenvalue weighted by Crippen LogP contribution is 2.24. The van der Waals surface area contributed by atoms with Crippen LogP contribution in [-0.4, -0.2) is 10.2 Å². The minimum Gasteiger partial charge on any atom is -0.419 e. The maximum absolute atomic E-state index is 12.8. The van der Waals surface area contributed by atoms with E-state index >= 15 is 0 Å². The molecule has 0 atom stereocenters. The molecule has 1 heterocycles. The molecule has 3 nitrogen and oxygen atoms in total. The summed E-state index contributed by atoms with van der Waals surface area (Å²) in [5.74, 6) is 0.590. The minimum atomic E-state index is -0.291. The summed E-state index contributed by atoms with van der Waals surface area (Å²) in [6, 6.07) is 4.35. The Morgan fingerprint density at radius 1 is 1.40 bits per heavy atom. The fourth-order valence-electron chi connectivity index (χ4n) is 1.08. The van der Waals surface area contributed by atoms with Gasteiger partial charge in [0.2, 0.25) is 11.8 Å². The van der Waals surface area contributed by atoms with E-state index in [0.717, 1.165) is 3.57 Å². The molecule has 0 unspecified atom stereocenters. The van der Waals surface area contributed by atoms with Crippen LogP contribution in [0.25, 0.3) is 11.5 Å². The minimum absolute atomic E-state index is 0.171. The van der Waals surface area contributed by atoms with Gasteiger partial charge in [-0.3, -0.25) is 0 Å². The highest BCUT2D eigenvalue weighted by molar-refractivity contribution is 14.1. The first kappa shape index (κ1) is 10.8. The van der Waals surface area contributed by atoms with Gasteiger partial charge < -0.3 is 4.42 Å². The molecule has 0 amide bonds. The van der Waals surface area contributed by atoms with Gasteiger partial charge in [0.05, 0.1) is 5.56 Å². The Morgan fingerprint density at radius 3 is 2.80 bits per heavy atom. The van der Waals surface area contributed by atoms with Crippen molar-refractivity contribution < 1.29 is 8.81 Å². The fraction of sp³-hybridized carbons (Fsp3) is 0.111. The van der Waals surface area contributed by atoms with Crippen LogP contribution in [0, 0.1) is 9.39 Å². The third-order valence-corrected chi connectivity index (χ3v) is 2.86. The Balaban J connectivity index is 2.44. The molecule has 0 aliphatic carbocycles. The Bertz CT molecular complexity index is 489. The highest BCUT2D eigenvalue weighted by atomic mass is 127. The van der Waals surface area contributed by atoms with Crippen molar-refractivity contribution in [2.45, 2.75) is 5.88 Å². The predicted molar refractivity (Wildman–Crippen MR) is 62.0 cm³/mol. The summed E-state index contributed by atoms with van der Waals surface area (Å²) in [5, 5.41) is 7.55. The molecule has 15 heavy (non-hydrogen) atoms. The maximum atomic E-state index is 12.8. The summed E-state index contributed by atoms with van der Waals surface area (Å²) in [4.78, 5) is 0. The zero-order valence-corrected chi connectivity index (χ0v) is 10.3. The van der Waals surface area contributed by atoms with Crippen LogP contribution in [-0.2, 0) is 5.88 Å². The Labute approximate surface area is 104 Å². The quantitative estimate of drug-likeness (QED) is 0.623. The molecule has 0 aliphatic rings. The van der Waals surface area contributed by atoms with Crippen molar-refractivity contribution in [3.8, 4) is 11.5 Å². The van der Waals surface area contributed by atoms with Crippen LogP contribution in [0.3, 0.4) is 0 Å². The lowest BCUT2D eigenvalue weighted by Gasteiger charge is -1.98. The average Bonchev–Trinajstić information content (AvgIpc) is 2.66. The smallest absolute Gasteiger partial charge is 0.248 e. The zero-order valence-electron chi connectivity index (χ0n) is 7.38. The van der Waals surface area contributed by atoms with E-state index in [1.807, 2.05) is 22.6 Å². The summed E-state index contributed by atoms with van der Waals surface area (Å²) in [5.41, 5.74) is 0.709. The molecular weight excluding hydrogens is 333 g/mol. The van der Waals surface area contributed by atoms with E-state index in [4.69, 9.17) is 16.0 Å². The summed E-state index contributed by atoms with van der Waals surface area (Å²) in [6.07, 6.45) is 0. The number of hydrogen-bond acceptors (Lipinski definition) is 3. The van der Waals surface area contributed by atoms with Gasteiger partial charge in [-0.25, -0.2) is 4.39 Å². The Kier molecular flexibility index (Phi) is 3.20. The first-order chi connectivity index (χ1) is 7.20. The number of alkyl halides is 1. The lowest BCUT2D eigenvalue weighted by Crippen LogP contribution is -1.84. The van der Waals surface area contributed by atoms with E-state index in [2.05, 4.69) is 10.2 Å². The van der Waals surface area contributed by atoms with Crippen LogP contribution in [0.4, 0.5) is 4.39 Å².